The van der Waals surface area contributed by atoms with Crippen molar-refractivity contribution in [2.24, 2.45) is 17.6 Å². The Bertz CT molecular complexity index is 388. The van der Waals surface area contributed by atoms with Crippen LogP contribution in [-0.4, -0.2) is 47.7 Å². The molecule has 1 amide bonds. The third-order valence-electron chi connectivity index (χ3n) is 4.47. The number of likely N-dealkylation sites (tertiary alicyclic amines) is 1. The predicted octanol–water partition coefficient (Wildman–Crippen LogP) is 2.40. The fraction of sp³-hybridized carbons (Fsp3) is 0.867. The normalized spacial score (nSPS) is 21.3. The molecule has 1 aliphatic heterocycles. The molecule has 1 saturated heterocycles. The molecule has 0 spiro atoms. The summed E-state index contributed by atoms with van der Waals surface area (Å²) in [5.74, 6) is -1.80. The van der Waals surface area contributed by atoms with Crippen LogP contribution in [0, 0.1) is 11.8 Å². The number of rotatable bonds is 3. The van der Waals surface area contributed by atoms with Crippen LogP contribution >= 0.6 is 0 Å². The molecule has 0 aromatic heterocycles. The Hall–Kier alpha value is -1.31. The molecule has 8 heteroatoms. The minimum absolute atomic E-state index is 0.0997. The SMILES string of the molecule is NC(=O)C1CCN(CC2CCCCC2)CC1.O=C(O)C(F)(F)F. The summed E-state index contributed by atoms with van der Waals surface area (Å²) in [7, 11) is 0. The van der Waals surface area contributed by atoms with Crippen molar-refractivity contribution in [3.63, 3.8) is 0 Å². The van der Waals surface area contributed by atoms with Gasteiger partial charge in [-0.15, -0.1) is 0 Å². The Morgan fingerprint density at radius 1 is 1.04 bits per heavy atom. The van der Waals surface area contributed by atoms with Gasteiger partial charge in [0.2, 0.25) is 5.91 Å². The standard InChI is InChI=1S/C13H24N2O.C2HF3O2/c14-13(16)12-6-8-15(9-7-12)10-11-4-2-1-3-5-11;3-2(4,5)1(6)7/h11-12H,1-10H2,(H2,14,16);(H,6,7). The first-order chi connectivity index (χ1) is 10.7. The van der Waals surface area contributed by atoms with E-state index < -0.39 is 12.1 Å². The number of aliphatic carboxylic acids is 1. The first kappa shape index (κ1) is 19.7. The lowest BCUT2D eigenvalue weighted by Gasteiger charge is -2.34. The second-order valence-corrected chi connectivity index (χ2v) is 6.28. The first-order valence-electron chi connectivity index (χ1n) is 8.02. The van der Waals surface area contributed by atoms with Crippen molar-refractivity contribution in [3.8, 4) is 0 Å². The van der Waals surface area contributed by atoms with Gasteiger partial charge in [0.1, 0.15) is 0 Å². The number of alkyl halides is 3. The number of hydrogen-bond donors (Lipinski definition) is 2. The van der Waals surface area contributed by atoms with Gasteiger partial charge in [0.25, 0.3) is 0 Å². The highest BCUT2D eigenvalue weighted by Gasteiger charge is 2.38. The van der Waals surface area contributed by atoms with E-state index in [4.69, 9.17) is 15.6 Å². The number of piperidine rings is 1. The second kappa shape index (κ2) is 9.10. The van der Waals surface area contributed by atoms with E-state index in [1.807, 2.05) is 0 Å². The van der Waals surface area contributed by atoms with Gasteiger partial charge in [-0.3, -0.25) is 4.79 Å². The van der Waals surface area contributed by atoms with Crippen molar-refractivity contribution in [1.82, 2.24) is 4.90 Å². The lowest BCUT2D eigenvalue weighted by atomic mass is 9.88. The van der Waals surface area contributed by atoms with E-state index in [0.29, 0.717) is 0 Å². The predicted molar refractivity (Wildman–Crippen MR) is 78.6 cm³/mol. The molecule has 23 heavy (non-hydrogen) atoms. The zero-order valence-corrected chi connectivity index (χ0v) is 13.1. The van der Waals surface area contributed by atoms with Crippen LogP contribution in [-0.2, 0) is 9.59 Å². The molecule has 134 valence electrons. The molecule has 0 aromatic rings. The number of amides is 1. The number of carbonyl (C=O) groups is 2. The number of hydrogen-bond acceptors (Lipinski definition) is 3. The number of carbonyl (C=O) groups excluding carboxylic acids is 1. The van der Waals surface area contributed by atoms with Crippen LogP contribution in [0.5, 0.6) is 0 Å². The quantitative estimate of drug-likeness (QED) is 0.828. The molecule has 1 heterocycles. The van der Waals surface area contributed by atoms with Gasteiger partial charge in [-0.05, 0) is 44.7 Å². The van der Waals surface area contributed by atoms with Crippen LogP contribution in [0.25, 0.3) is 0 Å². The molecule has 0 aromatic carbocycles. The maximum absolute atomic E-state index is 11.1. The number of primary amides is 1. The van der Waals surface area contributed by atoms with Crippen LogP contribution in [0.4, 0.5) is 13.2 Å². The summed E-state index contributed by atoms with van der Waals surface area (Å²) in [6.07, 6.45) is 3.96. The number of carboxylic acid groups (broad SMARTS) is 1. The van der Waals surface area contributed by atoms with Gasteiger partial charge in [-0.25, -0.2) is 4.79 Å². The molecule has 0 unspecified atom stereocenters. The zero-order chi connectivity index (χ0) is 17.5. The van der Waals surface area contributed by atoms with E-state index in [2.05, 4.69) is 4.90 Å². The molecule has 5 nitrogen and oxygen atoms in total. The molecule has 0 atom stereocenters. The van der Waals surface area contributed by atoms with E-state index in [9.17, 15) is 18.0 Å². The summed E-state index contributed by atoms with van der Waals surface area (Å²) in [6.45, 7) is 3.40. The molecule has 1 aliphatic carbocycles. The van der Waals surface area contributed by atoms with E-state index in [1.54, 1.807) is 0 Å². The molecule has 2 fully saturated rings. The van der Waals surface area contributed by atoms with E-state index >= 15 is 0 Å². The van der Waals surface area contributed by atoms with Gasteiger partial charge >= 0.3 is 12.1 Å². The minimum Gasteiger partial charge on any atom is -0.475 e. The van der Waals surface area contributed by atoms with Gasteiger partial charge in [-0.1, -0.05) is 19.3 Å². The number of carboxylic acids is 1. The zero-order valence-electron chi connectivity index (χ0n) is 13.1. The largest absolute Gasteiger partial charge is 0.490 e. The molecular weight excluding hydrogens is 313 g/mol. The molecule has 1 saturated carbocycles. The fourth-order valence-electron chi connectivity index (χ4n) is 3.13. The van der Waals surface area contributed by atoms with Crippen molar-refractivity contribution in [2.75, 3.05) is 19.6 Å². The van der Waals surface area contributed by atoms with Crippen LogP contribution < -0.4 is 5.73 Å². The van der Waals surface area contributed by atoms with Crippen LogP contribution in [0.2, 0.25) is 0 Å². The van der Waals surface area contributed by atoms with E-state index in [-0.39, 0.29) is 11.8 Å². The monoisotopic (exact) mass is 338 g/mol. The molecule has 2 aliphatic rings. The molecule has 0 bridgehead atoms. The highest BCUT2D eigenvalue weighted by Crippen LogP contribution is 2.26. The molecule has 2 rings (SSSR count). The third kappa shape index (κ3) is 7.67. The highest BCUT2D eigenvalue weighted by atomic mass is 19.4. The molecule has 3 N–H and O–H groups in total. The topological polar surface area (TPSA) is 83.6 Å². The maximum atomic E-state index is 11.1. The van der Waals surface area contributed by atoms with E-state index in [0.717, 1.165) is 31.8 Å². The lowest BCUT2D eigenvalue weighted by molar-refractivity contribution is -0.192. The second-order valence-electron chi connectivity index (χ2n) is 6.28. The lowest BCUT2D eigenvalue weighted by Crippen LogP contribution is -2.40. The van der Waals surface area contributed by atoms with E-state index in [1.165, 1.54) is 38.6 Å². The minimum atomic E-state index is -5.08. The van der Waals surface area contributed by atoms with Crippen molar-refractivity contribution >= 4 is 11.9 Å². The number of nitrogens with zero attached hydrogens (tertiary/aromatic N) is 1. The summed E-state index contributed by atoms with van der Waals surface area (Å²) < 4.78 is 31.7. The summed E-state index contributed by atoms with van der Waals surface area (Å²) in [6, 6.07) is 0. The Morgan fingerprint density at radius 2 is 1.52 bits per heavy atom. The Balaban J connectivity index is 0.000000322. The Labute approximate surface area is 134 Å². The maximum Gasteiger partial charge on any atom is 0.490 e. The number of nitrogens with two attached hydrogens (primary N) is 1. The number of halogens is 3. The highest BCUT2D eigenvalue weighted by molar-refractivity contribution is 5.76. The van der Waals surface area contributed by atoms with Gasteiger partial charge in [0.05, 0.1) is 0 Å². The van der Waals surface area contributed by atoms with Gasteiger partial charge in [0.15, 0.2) is 0 Å². The van der Waals surface area contributed by atoms with Crippen molar-refractivity contribution in [3.05, 3.63) is 0 Å². The Kier molecular flexibility index (Phi) is 7.81. The molecular formula is C15H25F3N2O3. The van der Waals surface area contributed by atoms with Crippen LogP contribution in [0.15, 0.2) is 0 Å². The van der Waals surface area contributed by atoms with Gasteiger partial charge < -0.3 is 15.7 Å². The third-order valence-corrected chi connectivity index (χ3v) is 4.47. The Morgan fingerprint density at radius 3 is 1.91 bits per heavy atom. The average molecular weight is 338 g/mol. The summed E-state index contributed by atoms with van der Waals surface area (Å²) in [5.41, 5.74) is 5.34. The molecule has 0 radical (unpaired) electrons. The smallest absolute Gasteiger partial charge is 0.475 e. The van der Waals surface area contributed by atoms with Gasteiger partial charge in [-0.2, -0.15) is 13.2 Å². The van der Waals surface area contributed by atoms with Crippen molar-refractivity contribution in [2.45, 2.75) is 51.1 Å². The van der Waals surface area contributed by atoms with Crippen LogP contribution in [0.3, 0.4) is 0 Å². The summed E-state index contributed by atoms with van der Waals surface area (Å²) in [4.78, 5) is 22.5. The van der Waals surface area contributed by atoms with Gasteiger partial charge in [0, 0.05) is 12.5 Å². The van der Waals surface area contributed by atoms with Crippen molar-refractivity contribution < 1.29 is 27.9 Å². The summed E-state index contributed by atoms with van der Waals surface area (Å²) in [5, 5.41) is 7.12. The van der Waals surface area contributed by atoms with Crippen LogP contribution in [0.1, 0.15) is 44.9 Å². The fourth-order valence-corrected chi connectivity index (χ4v) is 3.13. The first-order valence-corrected chi connectivity index (χ1v) is 8.02. The summed E-state index contributed by atoms with van der Waals surface area (Å²) >= 11 is 0. The van der Waals surface area contributed by atoms with Crippen molar-refractivity contribution in [1.29, 1.82) is 0 Å². The average Bonchev–Trinajstić information content (AvgIpc) is 2.48.